The molecule has 3 rings (SSSR count). The van der Waals surface area contributed by atoms with Gasteiger partial charge < -0.3 is 15.5 Å². The molecule has 0 heterocycles. The topological polar surface area (TPSA) is 62.6 Å². The molecule has 1 unspecified atom stereocenters. The summed E-state index contributed by atoms with van der Waals surface area (Å²) in [6.45, 7) is 1.98. The van der Waals surface area contributed by atoms with Crippen LogP contribution in [0.25, 0.3) is 11.1 Å². The molecule has 30 heavy (non-hydrogen) atoms. The van der Waals surface area contributed by atoms with Crippen molar-refractivity contribution in [3.63, 3.8) is 0 Å². The number of benzene rings is 3. The molecule has 5 nitrogen and oxygen atoms in total. The zero-order chi connectivity index (χ0) is 21.5. The normalized spacial score (nSPS) is 12.6. The molecule has 0 saturated carbocycles. The van der Waals surface area contributed by atoms with E-state index in [4.69, 9.17) is 11.6 Å². The lowest BCUT2D eigenvalue weighted by Gasteiger charge is -2.21. The average molecular weight is 423 g/mol. The largest absolute Gasteiger partial charge is 0.321 e. The maximum Gasteiger partial charge on any atom is 0.282 e. The Morgan fingerprint density at radius 2 is 1.53 bits per heavy atom. The number of halogens is 1. The third kappa shape index (κ3) is 5.69. The molecule has 2 amide bonds. The second-order valence-corrected chi connectivity index (χ2v) is 7.64. The molecular weight excluding hydrogens is 398 g/mol. The number of carbonyl (C=O) groups excluding carboxylic acids is 2. The molecule has 0 fully saturated rings. The van der Waals surface area contributed by atoms with E-state index in [1.54, 1.807) is 24.3 Å². The Morgan fingerprint density at radius 1 is 0.900 bits per heavy atom. The Hall–Kier alpha value is -3.15. The van der Waals surface area contributed by atoms with Crippen molar-refractivity contribution in [2.24, 2.45) is 0 Å². The van der Waals surface area contributed by atoms with Crippen LogP contribution in [0.4, 0.5) is 11.4 Å². The van der Waals surface area contributed by atoms with Gasteiger partial charge in [-0.05, 0) is 42.8 Å². The highest BCUT2D eigenvalue weighted by molar-refractivity contribution is 6.30. The number of likely N-dealkylation sites (N-methyl/N-ethyl adjacent to an activating group) is 1. The van der Waals surface area contributed by atoms with E-state index < -0.39 is 6.04 Å². The third-order valence-electron chi connectivity index (χ3n) is 4.97. The summed E-state index contributed by atoms with van der Waals surface area (Å²) in [5.74, 6) is -0.311. The fraction of sp³-hybridized carbons (Fsp3) is 0.167. The summed E-state index contributed by atoms with van der Waals surface area (Å²) < 4.78 is 0. The number of anilines is 2. The fourth-order valence-corrected chi connectivity index (χ4v) is 3.20. The van der Waals surface area contributed by atoms with Crippen molar-refractivity contribution in [2.45, 2.75) is 13.0 Å². The maximum absolute atomic E-state index is 12.8. The molecule has 0 spiro atoms. The van der Waals surface area contributed by atoms with Gasteiger partial charge in [0, 0.05) is 22.0 Å². The summed E-state index contributed by atoms with van der Waals surface area (Å²) in [6, 6.07) is 24.1. The van der Waals surface area contributed by atoms with Gasteiger partial charge in [-0.2, -0.15) is 0 Å². The van der Waals surface area contributed by atoms with Gasteiger partial charge in [-0.25, -0.2) is 0 Å². The van der Waals surface area contributed by atoms with Gasteiger partial charge >= 0.3 is 0 Å². The summed E-state index contributed by atoms with van der Waals surface area (Å²) in [5, 5.41) is 6.44. The number of quaternary nitrogens is 1. The summed E-state index contributed by atoms with van der Waals surface area (Å²) in [6.07, 6.45) is 0. The fourth-order valence-electron chi connectivity index (χ4n) is 3.07. The van der Waals surface area contributed by atoms with E-state index in [0.717, 1.165) is 21.7 Å². The third-order valence-corrected chi connectivity index (χ3v) is 5.22. The smallest absolute Gasteiger partial charge is 0.282 e. The molecule has 154 valence electrons. The first-order valence-corrected chi connectivity index (χ1v) is 10.1. The van der Waals surface area contributed by atoms with Crippen LogP contribution in [-0.2, 0) is 9.59 Å². The van der Waals surface area contributed by atoms with Crippen molar-refractivity contribution in [3.8, 4) is 11.1 Å². The second kappa shape index (κ2) is 10.1. The van der Waals surface area contributed by atoms with Crippen LogP contribution in [-0.4, -0.2) is 31.4 Å². The Labute approximate surface area is 181 Å². The number of hydrogen-bond acceptors (Lipinski definition) is 2. The molecule has 0 radical (unpaired) electrons. The molecule has 0 bridgehead atoms. The van der Waals surface area contributed by atoms with Crippen molar-refractivity contribution in [2.75, 3.05) is 24.2 Å². The van der Waals surface area contributed by atoms with E-state index in [1.807, 2.05) is 68.6 Å². The first-order valence-electron chi connectivity index (χ1n) is 9.77. The van der Waals surface area contributed by atoms with Crippen LogP contribution in [0.15, 0.2) is 78.9 Å². The van der Waals surface area contributed by atoms with E-state index in [0.29, 0.717) is 10.7 Å². The molecule has 3 aromatic carbocycles. The van der Waals surface area contributed by atoms with E-state index in [1.165, 1.54) is 0 Å². The van der Waals surface area contributed by atoms with E-state index in [9.17, 15) is 9.59 Å². The first kappa shape index (κ1) is 21.6. The minimum atomic E-state index is -0.412. The summed E-state index contributed by atoms with van der Waals surface area (Å²) >= 11 is 5.86. The summed E-state index contributed by atoms with van der Waals surface area (Å²) in [5.41, 5.74) is 3.41. The highest BCUT2D eigenvalue weighted by Gasteiger charge is 2.24. The average Bonchev–Trinajstić information content (AvgIpc) is 2.75. The standard InChI is InChI=1S/C24H24ClN3O2/c1-17(28(2)16-23(29)26-20-14-12-19(25)13-15-20)24(30)27-22-11-7-6-10-21(22)18-8-4-3-5-9-18/h3-15,17H,16H2,1-2H3,(H,26,29)(H,27,30)/p+1/t17-/m1/s1. The van der Waals surface area contributed by atoms with Gasteiger partial charge in [0.25, 0.3) is 11.8 Å². The number of para-hydroxylation sites is 1. The molecule has 3 aromatic rings. The van der Waals surface area contributed by atoms with Crippen molar-refractivity contribution in [1.82, 2.24) is 0 Å². The van der Waals surface area contributed by atoms with Gasteiger partial charge in [0.2, 0.25) is 0 Å². The van der Waals surface area contributed by atoms with Gasteiger partial charge in [0.1, 0.15) is 0 Å². The first-order chi connectivity index (χ1) is 14.4. The summed E-state index contributed by atoms with van der Waals surface area (Å²) in [7, 11) is 1.83. The molecule has 6 heteroatoms. The maximum atomic E-state index is 12.8. The number of amides is 2. The number of rotatable bonds is 7. The predicted octanol–water partition coefficient (Wildman–Crippen LogP) is 3.49. The zero-order valence-electron chi connectivity index (χ0n) is 17.0. The molecule has 2 atom stereocenters. The van der Waals surface area contributed by atoms with Crippen LogP contribution in [0, 0.1) is 0 Å². The van der Waals surface area contributed by atoms with Gasteiger partial charge in [0.05, 0.1) is 7.05 Å². The monoisotopic (exact) mass is 422 g/mol. The van der Waals surface area contributed by atoms with Crippen molar-refractivity contribution in [1.29, 1.82) is 0 Å². The quantitative estimate of drug-likeness (QED) is 0.545. The molecule has 0 aromatic heterocycles. The van der Waals surface area contributed by atoms with E-state index in [-0.39, 0.29) is 18.4 Å². The van der Waals surface area contributed by atoms with Crippen LogP contribution in [0.5, 0.6) is 0 Å². The molecule has 0 aliphatic rings. The highest BCUT2D eigenvalue weighted by Crippen LogP contribution is 2.27. The van der Waals surface area contributed by atoms with Crippen LogP contribution in [0.3, 0.4) is 0 Å². The molecular formula is C24H25ClN3O2+. The molecule has 0 aliphatic carbocycles. The lowest BCUT2D eigenvalue weighted by atomic mass is 10.0. The lowest BCUT2D eigenvalue weighted by molar-refractivity contribution is -0.885. The van der Waals surface area contributed by atoms with Gasteiger partial charge in [-0.3, -0.25) is 9.59 Å². The Morgan fingerprint density at radius 3 is 2.23 bits per heavy atom. The van der Waals surface area contributed by atoms with Crippen LogP contribution in [0.1, 0.15) is 6.92 Å². The predicted molar refractivity (Wildman–Crippen MR) is 122 cm³/mol. The van der Waals surface area contributed by atoms with Crippen molar-refractivity contribution in [3.05, 3.63) is 83.9 Å². The van der Waals surface area contributed by atoms with Crippen molar-refractivity contribution < 1.29 is 14.5 Å². The second-order valence-electron chi connectivity index (χ2n) is 7.20. The van der Waals surface area contributed by atoms with Gasteiger partial charge in [-0.15, -0.1) is 0 Å². The number of nitrogens with one attached hydrogen (secondary N) is 3. The Kier molecular flexibility index (Phi) is 7.22. The Bertz CT molecular complexity index is 1010. The Balaban J connectivity index is 1.62. The van der Waals surface area contributed by atoms with E-state index in [2.05, 4.69) is 10.6 Å². The van der Waals surface area contributed by atoms with Crippen molar-refractivity contribution >= 4 is 34.8 Å². The minimum absolute atomic E-state index is 0.143. The number of carbonyl (C=O) groups is 2. The molecule has 3 N–H and O–H groups in total. The minimum Gasteiger partial charge on any atom is -0.321 e. The van der Waals surface area contributed by atoms with E-state index >= 15 is 0 Å². The lowest BCUT2D eigenvalue weighted by Crippen LogP contribution is -3.14. The zero-order valence-corrected chi connectivity index (χ0v) is 17.7. The highest BCUT2D eigenvalue weighted by atomic mass is 35.5. The SMILES string of the molecule is C[C@H](C(=O)Nc1ccccc1-c1ccccc1)[NH+](C)CC(=O)Nc1ccc(Cl)cc1. The van der Waals surface area contributed by atoms with Crippen LogP contribution >= 0.6 is 11.6 Å². The van der Waals surface area contributed by atoms with Gasteiger partial charge in [0.15, 0.2) is 12.6 Å². The molecule has 0 aliphatic heterocycles. The van der Waals surface area contributed by atoms with Crippen LogP contribution < -0.4 is 15.5 Å². The van der Waals surface area contributed by atoms with Crippen LogP contribution in [0.2, 0.25) is 5.02 Å². The number of hydrogen-bond donors (Lipinski definition) is 3. The summed E-state index contributed by atoms with van der Waals surface area (Å²) in [4.78, 5) is 26.0. The van der Waals surface area contributed by atoms with Gasteiger partial charge in [-0.1, -0.05) is 60.1 Å². The molecule has 0 saturated heterocycles.